The van der Waals surface area contributed by atoms with Crippen LogP contribution in [0.15, 0.2) is 12.3 Å². The number of nitrogen functional groups attached to an aromatic ring is 1. The lowest BCUT2D eigenvalue weighted by atomic mass is 10.2. The lowest BCUT2D eigenvalue weighted by Crippen LogP contribution is -2.32. The van der Waals surface area contributed by atoms with Crippen molar-refractivity contribution in [2.24, 2.45) is 0 Å². The van der Waals surface area contributed by atoms with Crippen molar-refractivity contribution in [1.82, 2.24) is 4.98 Å². The maximum absolute atomic E-state index is 6.01. The van der Waals surface area contributed by atoms with Crippen LogP contribution in [-0.2, 0) is 0 Å². The van der Waals surface area contributed by atoms with Gasteiger partial charge in [0, 0.05) is 25.0 Å². The van der Waals surface area contributed by atoms with Crippen molar-refractivity contribution in [2.75, 3.05) is 29.7 Å². The molecule has 4 heteroatoms. The minimum atomic E-state index is 0.441. The predicted octanol–water partition coefficient (Wildman–Crippen LogP) is 2.16. The van der Waals surface area contributed by atoms with E-state index in [2.05, 4.69) is 23.1 Å². The summed E-state index contributed by atoms with van der Waals surface area (Å²) in [5.74, 6) is 1.96. The SMILES string of the molecule is CSCC(C)N(C)c1nccc(C)c1N. The fourth-order valence-electron chi connectivity index (χ4n) is 1.40. The van der Waals surface area contributed by atoms with Gasteiger partial charge in [-0.1, -0.05) is 0 Å². The van der Waals surface area contributed by atoms with E-state index < -0.39 is 0 Å². The molecule has 1 unspecified atom stereocenters. The Hall–Kier alpha value is -0.900. The molecule has 0 aliphatic heterocycles. The van der Waals surface area contributed by atoms with Gasteiger partial charge in [0.2, 0.25) is 0 Å². The summed E-state index contributed by atoms with van der Waals surface area (Å²) < 4.78 is 0. The van der Waals surface area contributed by atoms with E-state index in [9.17, 15) is 0 Å². The Morgan fingerprint density at radius 2 is 2.27 bits per heavy atom. The summed E-state index contributed by atoms with van der Waals surface area (Å²) >= 11 is 1.83. The van der Waals surface area contributed by atoms with Crippen LogP contribution in [0.4, 0.5) is 11.5 Å². The second kappa shape index (κ2) is 5.26. The Labute approximate surface area is 96.1 Å². The highest BCUT2D eigenvalue weighted by Gasteiger charge is 2.13. The van der Waals surface area contributed by atoms with Crippen molar-refractivity contribution in [2.45, 2.75) is 19.9 Å². The molecule has 0 radical (unpaired) electrons. The van der Waals surface area contributed by atoms with Gasteiger partial charge in [-0.25, -0.2) is 4.98 Å². The lowest BCUT2D eigenvalue weighted by molar-refractivity contribution is 0.754. The monoisotopic (exact) mass is 225 g/mol. The molecule has 1 atom stereocenters. The van der Waals surface area contributed by atoms with Gasteiger partial charge < -0.3 is 10.6 Å². The van der Waals surface area contributed by atoms with E-state index in [1.165, 1.54) is 0 Å². The topological polar surface area (TPSA) is 42.2 Å². The molecule has 0 saturated heterocycles. The number of hydrogen-bond donors (Lipinski definition) is 1. The van der Waals surface area contributed by atoms with Crippen molar-refractivity contribution >= 4 is 23.3 Å². The number of thioether (sulfide) groups is 1. The number of nitrogens with zero attached hydrogens (tertiary/aromatic N) is 2. The van der Waals surface area contributed by atoms with Crippen LogP contribution < -0.4 is 10.6 Å². The van der Waals surface area contributed by atoms with Crippen LogP contribution in [0.2, 0.25) is 0 Å². The number of rotatable bonds is 4. The van der Waals surface area contributed by atoms with Gasteiger partial charge in [0.05, 0.1) is 5.69 Å². The molecular weight excluding hydrogens is 206 g/mol. The molecule has 3 nitrogen and oxygen atoms in total. The summed E-state index contributed by atoms with van der Waals surface area (Å²) in [7, 11) is 2.04. The highest BCUT2D eigenvalue weighted by Crippen LogP contribution is 2.24. The second-order valence-electron chi connectivity index (χ2n) is 3.78. The summed E-state index contributed by atoms with van der Waals surface area (Å²) in [6.45, 7) is 4.19. The minimum Gasteiger partial charge on any atom is -0.396 e. The molecule has 1 aromatic heterocycles. The van der Waals surface area contributed by atoms with Crippen LogP contribution in [0.5, 0.6) is 0 Å². The van der Waals surface area contributed by atoms with Crippen LogP contribution in [0.3, 0.4) is 0 Å². The molecule has 0 bridgehead atoms. The quantitative estimate of drug-likeness (QED) is 0.852. The van der Waals surface area contributed by atoms with Crippen molar-refractivity contribution < 1.29 is 0 Å². The highest BCUT2D eigenvalue weighted by molar-refractivity contribution is 7.98. The molecule has 1 aromatic rings. The van der Waals surface area contributed by atoms with Crippen molar-refractivity contribution in [3.05, 3.63) is 17.8 Å². The van der Waals surface area contributed by atoms with E-state index in [0.29, 0.717) is 6.04 Å². The van der Waals surface area contributed by atoms with E-state index in [0.717, 1.165) is 22.8 Å². The molecule has 2 N–H and O–H groups in total. The first-order chi connectivity index (χ1) is 7.07. The molecule has 15 heavy (non-hydrogen) atoms. The summed E-state index contributed by atoms with van der Waals surface area (Å²) in [5, 5.41) is 0. The third-order valence-corrected chi connectivity index (χ3v) is 3.41. The van der Waals surface area contributed by atoms with Gasteiger partial charge in [-0.3, -0.25) is 0 Å². The molecule has 0 aromatic carbocycles. The zero-order valence-electron chi connectivity index (χ0n) is 9.82. The molecule has 0 aliphatic rings. The van der Waals surface area contributed by atoms with Gasteiger partial charge in [-0.15, -0.1) is 0 Å². The van der Waals surface area contributed by atoms with Crippen LogP contribution in [0.1, 0.15) is 12.5 Å². The normalized spacial score (nSPS) is 12.5. The van der Waals surface area contributed by atoms with Crippen LogP contribution in [0.25, 0.3) is 0 Å². The lowest BCUT2D eigenvalue weighted by Gasteiger charge is -2.26. The van der Waals surface area contributed by atoms with E-state index in [-0.39, 0.29) is 0 Å². The van der Waals surface area contributed by atoms with Gasteiger partial charge in [0.15, 0.2) is 5.82 Å². The predicted molar refractivity (Wildman–Crippen MR) is 69.6 cm³/mol. The standard InChI is InChI=1S/C11H19N3S/c1-8-5-6-13-11(10(8)12)14(3)9(2)7-15-4/h5-6,9H,7,12H2,1-4H3. The zero-order valence-corrected chi connectivity index (χ0v) is 10.6. The Morgan fingerprint density at radius 1 is 1.60 bits per heavy atom. The second-order valence-corrected chi connectivity index (χ2v) is 4.69. The minimum absolute atomic E-state index is 0.441. The van der Waals surface area contributed by atoms with E-state index in [4.69, 9.17) is 5.73 Å². The Balaban J connectivity index is 2.90. The average molecular weight is 225 g/mol. The Bertz CT molecular complexity index is 328. The first kappa shape index (κ1) is 12.2. The molecular formula is C11H19N3S. The first-order valence-corrected chi connectivity index (χ1v) is 6.40. The third kappa shape index (κ3) is 2.78. The molecule has 84 valence electrons. The maximum Gasteiger partial charge on any atom is 0.152 e. The number of pyridine rings is 1. The van der Waals surface area contributed by atoms with Crippen molar-refractivity contribution in [3.63, 3.8) is 0 Å². The smallest absolute Gasteiger partial charge is 0.152 e. The van der Waals surface area contributed by atoms with Gasteiger partial charge in [0.25, 0.3) is 0 Å². The molecule has 0 saturated carbocycles. The Kier molecular flexibility index (Phi) is 4.27. The fraction of sp³-hybridized carbons (Fsp3) is 0.545. The molecule has 0 aliphatic carbocycles. The van der Waals surface area contributed by atoms with Gasteiger partial charge in [0.1, 0.15) is 0 Å². The number of anilines is 2. The summed E-state index contributed by atoms with van der Waals surface area (Å²) in [6, 6.07) is 2.38. The van der Waals surface area contributed by atoms with Gasteiger partial charge >= 0.3 is 0 Å². The molecule has 0 amide bonds. The molecule has 1 rings (SSSR count). The molecule has 1 heterocycles. The number of aryl methyl sites for hydroxylation is 1. The number of hydrogen-bond acceptors (Lipinski definition) is 4. The van der Waals surface area contributed by atoms with Crippen molar-refractivity contribution in [3.8, 4) is 0 Å². The number of aromatic nitrogens is 1. The zero-order chi connectivity index (χ0) is 11.4. The summed E-state index contributed by atoms with van der Waals surface area (Å²) in [4.78, 5) is 6.47. The van der Waals surface area contributed by atoms with Crippen LogP contribution in [0, 0.1) is 6.92 Å². The van der Waals surface area contributed by atoms with Crippen molar-refractivity contribution in [1.29, 1.82) is 0 Å². The summed E-state index contributed by atoms with van der Waals surface area (Å²) in [6.07, 6.45) is 3.92. The largest absolute Gasteiger partial charge is 0.396 e. The third-order valence-electron chi connectivity index (χ3n) is 2.59. The van der Waals surface area contributed by atoms with Gasteiger partial charge in [-0.2, -0.15) is 11.8 Å². The van der Waals surface area contributed by atoms with Crippen LogP contribution in [-0.4, -0.2) is 30.1 Å². The Morgan fingerprint density at radius 3 is 2.87 bits per heavy atom. The van der Waals surface area contributed by atoms with E-state index in [1.54, 1.807) is 0 Å². The molecule has 0 spiro atoms. The maximum atomic E-state index is 6.01. The average Bonchev–Trinajstić information content (AvgIpc) is 2.21. The first-order valence-electron chi connectivity index (χ1n) is 5.00. The fourth-order valence-corrected chi connectivity index (χ4v) is 2.10. The van der Waals surface area contributed by atoms with Gasteiger partial charge in [-0.05, 0) is 31.7 Å². The van der Waals surface area contributed by atoms with Crippen LogP contribution >= 0.6 is 11.8 Å². The molecule has 0 fully saturated rings. The van der Waals surface area contributed by atoms with E-state index in [1.807, 2.05) is 38.0 Å². The van der Waals surface area contributed by atoms with E-state index >= 15 is 0 Å². The highest BCUT2D eigenvalue weighted by atomic mass is 32.2. The summed E-state index contributed by atoms with van der Waals surface area (Å²) in [5.41, 5.74) is 7.88. The number of nitrogens with two attached hydrogens (primary N) is 1.